The first-order valence-electron chi connectivity index (χ1n) is 5.54. The minimum absolute atomic E-state index is 0.169. The van der Waals surface area contributed by atoms with E-state index in [1.165, 1.54) is 12.1 Å². The molecular weight excluding hydrogens is 313 g/mol. The van der Waals surface area contributed by atoms with Crippen molar-refractivity contribution in [1.82, 2.24) is 0 Å². The highest BCUT2D eigenvalue weighted by Crippen LogP contribution is 2.28. The Balaban J connectivity index is 2.42. The zero-order valence-corrected chi connectivity index (χ0v) is 11.7. The Morgan fingerprint density at radius 2 is 1.95 bits per heavy atom. The van der Waals surface area contributed by atoms with Crippen LogP contribution < -0.4 is 5.32 Å². The summed E-state index contributed by atoms with van der Waals surface area (Å²) in [5, 5.41) is 12.1. The Bertz CT molecular complexity index is 643. The molecule has 0 saturated heterocycles. The van der Waals surface area contributed by atoms with Gasteiger partial charge >= 0.3 is 5.97 Å². The lowest BCUT2D eigenvalue weighted by molar-refractivity contribution is 0.0698. The standard InChI is InChI=1S/C14H11BrFNO2/c1-8-6-11(16)10(15)7-13(8)17-12-5-3-2-4-9(12)14(18)19/h2-7,17H,1H3,(H,18,19). The highest BCUT2D eigenvalue weighted by molar-refractivity contribution is 9.10. The topological polar surface area (TPSA) is 49.3 Å². The van der Waals surface area contributed by atoms with Crippen molar-refractivity contribution in [3.05, 3.63) is 57.8 Å². The van der Waals surface area contributed by atoms with Gasteiger partial charge in [-0.05, 0) is 52.7 Å². The van der Waals surface area contributed by atoms with Crippen molar-refractivity contribution in [3.8, 4) is 0 Å². The summed E-state index contributed by atoms with van der Waals surface area (Å²) in [6.07, 6.45) is 0. The molecule has 0 aromatic heterocycles. The molecule has 2 rings (SSSR count). The first kappa shape index (κ1) is 13.5. The van der Waals surface area contributed by atoms with Gasteiger partial charge in [0.05, 0.1) is 15.7 Å². The van der Waals surface area contributed by atoms with Gasteiger partial charge in [-0.3, -0.25) is 0 Å². The molecule has 98 valence electrons. The first-order valence-corrected chi connectivity index (χ1v) is 6.33. The summed E-state index contributed by atoms with van der Waals surface area (Å²) in [6, 6.07) is 9.54. The normalized spacial score (nSPS) is 10.3. The fourth-order valence-electron chi connectivity index (χ4n) is 1.70. The Morgan fingerprint density at radius 1 is 1.26 bits per heavy atom. The second kappa shape index (κ2) is 5.40. The number of carboxylic acid groups (broad SMARTS) is 1. The van der Waals surface area contributed by atoms with Gasteiger partial charge in [0, 0.05) is 5.69 Å². The number of hydrogen-bond acceptors (Lipinski definition) is 2. The van der Waals surface area contributed by atoms with Crippen molar-refractivity contribution < 1.29 is 14.3 Å². The summed E-state index contributed by atoms with van der Waals surface area (Å²) in [5.41, 5.74) is 1.99. The van der Waals surface area contributed by atoms with Gasteiger partial charge < -0.3 is 10.4 Å². The zero-order chi connectivity index (χ0) is 14.0. The predicted octanol–water partition coefficient (Wildman–Crippen LogP) is 4.34. The number of halogens is 2. The number of hydrogen-bond donors (Lipinski definition) is 2. The van der Waals surface area contributed by atoms with Crippen molar-refractivity contribution in [2.75, 3.05) is 5.32 Å². The lowest BCUT2D eigenvalue weighted by Gasteiger charge is -2.12. The Kier molecular flexibility index (Phi) is 3.85. The van der Waals surface area contributed by atoms with Crippen molar-refractivity contribution in [2.24, 2.45) is 0 Å². The number of nitrogens with one attached hydrogen (secondary N) is 1. The van der Waals surface area contributed by atoms with Gasteiger partial charge in [-0.25, -0.2) is 9.18 Å². The van der Waals surface area contributed by atoms with Crippen LogP contribution in [0.1, 0.15) is 15.9 Å². The molecule has 0 unspecified atom stereocenters. The molecule has 2 aromatic carbocycles. The third-order valence-electron chi connectivity index (χ3n) is 2.69. The Morgan fingerprint density at radius 3 is 2.63 bits per heavy atom. The van der Waals surface area contributed by atoms with E-state index in [0.29, 0.717) is 21.4 Å². The summed E-state index contributed by atoms with van der Waals surface area (Å²) < 4.78 is 13.7. The summed E-state index contributed by atoms with van der Waals surface area (Å²) >= 11 is 3.11. The van der Waals surface area contributed by atoms with Crippen LogP contribution in [0.5, 0.6) is 0 Å². The van der Waals surface area contributed by atoms with E-state index in [0.717, 1.165) is 0 Å². The van der Waals surface area contributed by atoms with Crippen molar-refractivity contribution in [1.29, 1.82) is 0 Å². The maximum atomic E-state index is 13.3. The monoisotopic (exact) mass is 323 g/mol. The fraction of sp³-hybridized carbons (Fsp3) is 0.0714. The van der Waals surface area contributed by atoms with Crippen LogP contribution >= 0.6 is 15.9 Å². The number of aryl methyl sites for hydroxylation is 1. The van der Waals surface area contributed by atoms with E-state index in [2.05, 4.69) is 21.2 Å². The van der Waals surface area contributed by atoms with E-state index in [4.69, 9.17) is 5.11 Å². The Labute approximate surface area is 118 Å². The second-order valence-corrected chi connectivity index (χ2v) is 4.91. The minimum Gasteiger partial charge on any atom is -0.478 e. The maximum Gasteiger partial charge on any atom is 0.337 e. The number of carbonyl (C=O) groups is 1. The van der Waals surface area contributed by atoms with Crippen molar-refractivity contribution >= 4 is 33.3 Å². The van der Waals surface area contributed by atoms with Crippen LogP contribution in [0.4, 0.5) is 15.8 Å². The van der Waals surface area contributed by atoms with E-state index in [1.807, 2.05) is 0 Å². The lowest BCUT2D eigenvalue weighted by Crippen LogP contribution is -2.03. The maximum absolute atomic E-state index is 13.3. The first-order chi connectivity index (χ1) is 8.99. The van der Waals surface area contributed by atoms with Gasteiger partial charge in [-0.1, -0.05) is 12.1 Å². The average molecular weight is 324 g/mol. The van der Waals surface area contributed by atoms with Gasteiger partial charge in [0.1, 0.15) is 5.82 Å². The quantitative estimate of drug-likeness (QED) is 0.883. The second-order valence-electron chi connectivity index (χ2n) is 4.06. The summed E-state index contributed by atoms with van der Waals surface area (Å²) in [7, 11) is 0. The van der Waals surface area contributed by atoms with Gasteiger partial charge in [0.25, 0.3) is 0 Å². The molecule has 0 spiro atoms. The van der Waals surface area contributed by atoms with Crippen molar-refractivity contribution in [3.63, 3.8) is 0 Å². The molecule has 0 radical (unpaired) electrons. The largest absolute Gasteiger partial charge is 0.478 e. The molecule has 2 N–H and O–H groups in total. The molecule has 19 heavy (non-hydrogen) atoms. The van der Waals surface area contributed by atoms with Crippen LogP contribution in [-0.4, -0.2) is 11.1 Å². The number of aromatic carboxylic acids is 1. The highest BCUT2D eigenvalue weighted by atomic mass is 79.9. The molecule has 5 heteroatoms. The number of carboxylic acids is 1. The molecule has 0 heterocycles. The third kappa shape index (κ3) is 2.93. The molecule has 0 saturated carbocycles. The highest BCUT2D eigenvalue weighted by Gasteiger charge is 2.11. The van der Waals surface area contributed by atoms with E-state index in [9.17, 15) is 9.18 Å². The number of benzene rings is 2. The van der Waals surface area contributed by atoms with Crippen LogP contribution in [0.25, 0.3) is 0 Å². The zero-order valence-electron chi connectivity index (χ0n) is 10.1. The fourth-order valence-corrected chi connectivity index (χ4v) is 2.05. The summed E-state index contributed by atoms with van der Waals surface area (Å²) in [4.78, 5) is 11.1. The molecule has 0 aliphatic carbocycles. The smallest absolute Gasteiger partial charge is 0.337 e. The molecule has 0 fully saturated rings. The van der Waals surface area contributed by atoms with Crippen LogP contribution in [0.2, 0.25) is 0 Å². The summed E-state index contributed by atoms with van der Waals surface area (Å²) in [6.45, 7) is 1.75. The van der Waals surface area contributed by atoms with E-state index >= 15 is 0 Å². The van der Waals surface area contributed by atoms with Crippen LogP contribution in [0.3, 0.4) is 0 Å². The van der Waals surface area contributed by atoms with Crippen molar-refractivity contribution in [2.45, 2.75) is 6.92 Å². The van der Waals surface area contributed by atoms with Gasteiger partial charge in [0.2, 0.25) is 0 Å². The molecular formula is C14H11BrFNO2. The molecule has 0 bridgehead atoms. The lowest BCUT2D eigenvalue weighted by atomic mass is 10.1. The minimum atomic E-state index is -1.01. The molecule has 0 atom stereocenters. The summed E-state index contributed by atoms with van der Waals surface area (Å²) in [5.74, 6) is -1.36. The van der Waals surface area contributed by atoms with Crippen LogP contribution in [-0.2, 0) is 0 Å². The average Bonchev–Trinajstić information content (AvgIpc) is 2.36. The van der Waals surface area contributed by atoms with Crippen LogP contribution in [0, 0.1) is 12.7 Å². The number of rotatable bonds is 3. The van der Waals surface area contributed by atoms with E-state index in [-0.39, 0.29) is 11.4 Å². The molecule has 3 nitrogen and oxygen atoms in total. The van der Waals surface area contributed by atoms with Gasteiger partial charge in [0.15, 0.2) is 0 Å². The SMILES string of the molecule is Cc1cc(F)c(Br)cc1Nc1ccccc1C(=O)O. The Hall–Kier alpha value is -1.88. The molecule has 2 aromatic rings. The third-order valence-corrected chi connectivity index (χ3v) is 3.30. The van der Waals surface area contributed by atoms with Gasteiger partial charge in [-0.2, -0.15) is 0 Å². The number of anilines is 2. The molecule has 0 amide bonds. The molecule has 0 aliphatic heterocycles. The predicted molar refractivity (Wildman–Crippen MR) is 75.5 cm³/mol. The number of para-hydroxylation sites is 1. The molecule has 0 aliphatic rings. The van der Waals surface area contributed by atoms with E-state index in [1.54, 1.807) is 31.2 Å². The van der Waals surface area contributed by atoms with Crippen LogP contribution in [0.15, 0.2) is 40.9 Å². The van der Waals surface area contributed by atoms with Gasteiger partial charge in [-0.15, -0.1) is 0 Å². The van der Waals surface area contributed by atoms with E-state index < -0.39 is 5.97 Å².